The summed E-state index contributed by atoms with van der Waals surface area (Å²) in [5.41, 5.74) is 1.70. The van der Waals surface area contributed by atoms with Gasteiger partial charge in [0.25, 0.3) is 0 Å². The zero-order chi connectivity index (χ0) is 25.3. The number of aldehydes is 1. The average Bonchev–Trinajstić information content (AvgIpc) is 2.86. The predicted octanol–water partition coefficient (Wildman–Crippen LogP) is 3.44. The molecule has 0 bridgehead atoms. The first-order valence-electron chi connectivity index (χ1n) is 10.9. The Labute approximate surface area is 215 Å². The van der Waals surface area contributed by atoms with Gasteiger partial charge in [-0.2, -0.15) is 0 Å². The standard InChI is InChI=1S/C24H29Cl2N7O2/c1-33(22(26)17-31-24(18-34)30-12-8-21-7-2-3-10-29-21)14-13-28-11-9-23(27)35-32-16-19-5-4-6-20(25)15-19/h2-7,10,15-18,27-28H,8-9,11-14H2,1H3,(H,30,31)/b22-17-,27-23?,32-16+. The highest BCUT2D eigenvalue weighted by molar-refractivity contribution is 6.31. The first-order chi connectivity index (χ1) is 17.0. The Kier molecular flexibility index (Phi) is 13.1. The van der Waals surface area contributed by atoms with Gasteiger partial charge in [0.05, 0.1) is 6.21 Å². The van der Waals surface area contributed by atoms with Gasteiger partial charge in [-0.05, 0) is 29.8 Å². The fourth-order valence-corrected chi connectivity index (χ4v) is 3.00. The van der Waals surface area contributed by atoms with Crippen molar-refractivity contribution < 1.29 is 9.63 Å². The smallest absolute Gasteiger partial charge is 0.218 e. The SMILES string of the molecule is CN(CCNCCC(=N)O/N=C/c1cccc(Cl)c1)/C(Cl)=C\NC(C=O)=NCCc1ccccn1. The largest absolute Gasteiger partial charge is 0.363 e. The fraction of sp³-hybridized carbons (Fsp3) is 0.292. The Balaban J connectivity index is 1.61. The lowest BCUT2D eigenvalue weighted by atomic mass is 10.2. The van der Waals surface area contributed by atoms with E-state index in [0.717, 1.165) is 11.3 Å². The Bertz CT molecular complexity index is 1030. The van der Waals surface area contributed by atoms with E-state index in [1.165, 1.54) is 12.4 Å². The molecule has 0 saturated carbocycles. The molecule has 0 fully saturated rings. The topological polar surface area (TPSA) is 115 Å². The molecule has 11 heteroatoms. The Morgan fingerprint density at radius 1 is 1.26 bits per heavy atom. The number of nitrogens with one attached hydrogen (secondary N) is 3. The fourth-order valence-electron chi connectivity index (χ4n) is 2.66. The van der Waals surface area contributed by atoms with Gasteiger partial charge in [0.1, 0.15) is 5.16 Å². The maximum Gasteiger partial charge on any atom is 0.218 e. The van der Waals surface area contributed by atoms with Crippen LogP contribution in [0.25, 0.3) is 0 Å². The average molecular weight is 518 g/mol. The first-order valence-corrected chi connectivity index (χ1v) is 11.7. The van der Waals surface area contributed by atoms with Crippen LogP contribution in [-0.2, 0) is 16.1 Å². The van der Waals surface area contributed by atoms with E-state index in [4.69, 9.17) is 33.4 Å². The van der Waals surface area contributed by atoms with Crippen LogP contribution in [-0.4, -0.2) is 67.3 Å². The third kappa shape index (κ3) is 12.1. The van der Waals surface area contributed by atoms with Crippen molar-refractivity contribution in [3.8, 4) is 0 Å². The maximum absolute atomic E-state index is 11.2. The van der Waals surface area contributed by atoms with E-state index in [1.54, 1.807) is 18.3 Å². The second-order valence-corrected chi connectivity index (χ2v) is 8.12. The highest BCUT2D eigenvalue weighted by atomic mass is 35.5. The van der Waals surface area contributed by atoms with Crippen molar-refractivity contribution >= 4 is 47.4 Å². The number of aliphatic imine (C=N–C) groups is 1. The second kappa shape index (κ2) is 16.4. The van der Waals surface area contributed by atoms with Gasteiger partial charge in [0.2, 0.25) is 5.90 Å². The van der Waals surface area contributed by atoms with Gasteiger partial charge < -0.3 is 20.4 Å². The Morgan fingerprint density at radius 3 is 2.86 bits per heavy atom. The zero-order valence-corrected chi connectivity index (χ0v) is 21.0. The van der Waals surface area contributed by atoms with E-state index in [9.17, 15) is 4.79 Å². The monoisotopic (exact) mass is 517 g/mol. The van der Waals surface area contributed by atoms with Crippen LogP contribution in [0, 0.1) is 5.41 Å². The van der Waals surface area contributed by atoms with Crippen molar-refractivity contribution in [2.24, 2.45) is 10.1 Å². The van der Waals surface area contributed by atoms with Crippen molar-refractivity contribution in [3.63, 3.8) is 0 Å². The van der Waals surface area contributed by atoms with Crippen LogP contribution in [0.15, 0.2) is 70.2 Å². The van der Waals surface area contributed by atoms with Crippen molar-refractivity contribution in [2.45, 2.75) is 12.8 Å². The number of hydrogen-bond acceptors (Lipinski definition) is 8. The summed E-state index contributed by atoms with van der Waals surface area (Å²) >= 11 is 12.2. The van der Waals surface area contributed by atoms with Gasteiger partial charge in [0, 0.05) is 69.2 Å². The van der Waals surface area contributed by atoms with Crippen LogP contribution in [0.3, 0.4) is 0 Å². The maximum atomic E-state index is 11.2. The van der Waals surface area contributed by atoms with Crippen LogP contribution in [0.2, 0.25) is 5.02 Å². The number of pyridine rings is 1. The Hall–Kier alpha value is -3.27. The van der Waals surface area contributed by atoms with Crippen LogP contribution in [0.1, 0.15) is 17.7 Å². The highest BCUT2D eigenvalue weighted by Gasteiger charge is 2.03. The molecule has 3 N–H and O–H groups in total. The number of aromatic nitrogens is 1. The second-order valence-electron chi connectivity index (χ2n) is 7.29. The normalized spacial score (nSPS) is 12.0. The number of carbonyl (C=O) groups is 1. The van der Waals surface area contributed by atoms with Crippen LogP contribution in [0.5, 0.6) is 0 Å². The summed E-state index contributed by atoms with van der Waals surface area (Å²) in [4.78, 5) is 26.6. The number of carbonyl (C=O) groups excluding carboxylic acids is 1. The molecule has 186 valence electrons. The zero-order valence-electron chi connectivity index (χ0n) is 19.5. The minimum Gasteiger partial charge on any atom is -0.363 e. The molecule has 2 aromatic rings. The molecular formula is C24H29Cl2N7O2. The summed E-state index contributed by atoms with van der Waals surface area (Å²) in [6.07, 6.45) is 6.43. The summed E-state index contributed by atoms with van der Waals surface area (Å²) in [5, 5.41) is 18.7. The first kappa shape index (κ1) is 28.0. The molecule has 0 saturated heterocycles. The minimum absolute atomic E-state index is 0.0509. The number of benzene rings is 1. The summed E-state index contributed by atoms with van der Waals surface area (Å²) < 4.78 is 0. The van der Waals surface area contributed by atoms with Gasteiger partial charge >= 0.3 is 0 Å². The number of amidine groups is 1. The van der Waals surface area contributed by atoms with Crippen molar-refractivity contribution in [3.05, 3.63) is 76.3 Å². The van der Waals surface area contributed by atoms with Crippen LogP contribution in [0.4, 0.5) is 0 Å². The summed E-state index contributed by atoms with van der Waals surface area (Å²) in [6, 6.07) is 12.9. The summed E-state index contributed by atoms with van der Waals surface area (Å²) in [5.74, 6) is 0.247. The van der Waals surface area contributed by atoms with Crippen molar-refractivity contribution in [1.82, 2.24) is 20.5 Å². The molecule has 9 nitrogen and oxygen atoms in total. The summed E-state index contributed by atoms with van der Waals surface area (Å²) in [6.45, 7) is 2.24. The lowest BCUT2D eigenvalue weighted by Crippen LogP contribution is -2.30. The van der Waals surface area contributed by atoms with Gasteiger partial charge in [-0.1, -0.05) is 46.6 Å². The molecule has 0 radical (unpaired) electrons. The van der Waals surface area contributed by atoms with Gasteiger partial charge in [0.15, 0.2) is 12.1 Å². The number of likely N-dealkylation sites (N-methyl/N-ethyl adjacent to an activating group) is 1. The molecule has 0 unspecified atom stereocenters. The number of nitrogens with zero attached hydrogens (tertiary/aromatic N) is 4. The van der Waals surface area contributed by atoms with E-state index in [0.29, 0.717) is 55.5 Å². The van der Waals surface area contributed by atoms with E-state index in [1.807, 2.05) is 42.3 Å². The lowest BCUT2D eigenvalue weighted by Gasteiger charge is -2.18. The van der Waals surface area contributed by atoms with Crippen LogP contribution < -0.4 is 10.6 Å². The molecule has 0 atom stereocenters. The quantitative estimate of drug-likeness (QED) is 0.0882. The van der Waals surface area contributed by atoms with Crippen molar-refractivity contribution in [1.29, 1.82) is 5.41 Å². The molecule has 0 spiro atoms. The number of hydrogen-bond donors (Lipinski definition) is 3. The molecule has 0 aliphatic carbocycles. The van der Waals surface area contributed by atoms with E-state index < -0.39 is 0 Å². The van der Waals surface area contributed by atoms with Gasteiger partial charge in [-0.3, -0.25) is 20.2 Å². The molecule has 1 aromatic heterocycles. The van der Waals surface area contributed by atoms with Gasteiger partial charge in [-0.15, -0.1) is 0 Å². The molecule has 0 aliphatic rings. The molecule has 35 heavy (non-hydrogen) atoms. The van der Waals surface area contributed by atoms with Crippen LogP contribution >= 0.6 is 23.2 Å². The molecule has 0 amide bonds. The third-order valence-corrected chi connectivity index (χ3v) is 5.19. The molecule has 1 aromatic carbocycles. The molecule has 1 heterocycles. The number of halogens is 2. The van der Waals surface area contributed by atoms with Crippen molar-refractivity contribution in [2.75, 3.05) is 33.2 Å². The molecule has 0 aliphatic heterocycles. The van der Waals surface area contributed by atoms with E-state index in [-0.39, 0.29) is 11.7 Å². The Morgan fingerprint density at radius 2 is 2.11 bits per heavy atom. The highest BCUT2D eigenvalue weighted by Crippen LogP contribution is 2.09. The molecular weight excluding hydrogens is 489 g/mol. The number of rotatable bonds is 14. The summed E-state index contributed by atoms with van der Waals surface area (Å²) in [7, 11) is 1.83. The lowest BCUT2D eigenvalue weighted by molar-refractivity contribution is -0.102. The number of oxime groups is 1. The predicted molar refractivity (Wildman–Crippen MR) is 141 cm³/mol. The minimum atomic E-state index is 0.0509. The molecule has 2 rings (SSSR count). The third-order valence-electron chi connectivity index (χ3n) is 4.56. The van der Waals surface area contributed by atoms with E-state index in [2.05, 4.69) is 25.8 Å². The van der Waals surface area contributed by atoms with Gasteiger partial charge in [-0.25, -0.2) is 0 Å². The van der Waals surface area contributed by atoms with E-state index >= 15 is 0 Å².